The zero-order chi connectivity index (χ0) is 19.8. The molecule has 1 aromatic heterocycles. The molecule has 0 amide bonds. The molecule has 1 saturated heterocycles. The number of benzene rings is 1. The molecule has 148 valence electrons. The number of aliphatic hydroxyl groups is 1. The Balaban J connectivity index is 0.000000596. The Labute approximate surface area is 156 Å². The molecule has 1 aliphatic rings. The van der Waals surface area contributed by atoms with Crippen LogP contribution < -0.4 is 14.4 Å². The first-order chi connectivity index (χ1) is 13.0. The first-order valence-electron chi connectivity index (χ1n) is 8.42. The Morgan fingerprint density at radius 3 is 2.33 bits per heavy atom. The van der Waals surface area contributed by atoms with Crippen molar-refractivity contribution in [1.82, 2.24) is 9.88 Å². The summed E-state index contributed by atoms with van der Waals surface area (Å²) in [5.74, 6) is 2.42. The Hall–Kier alpha value is -2.85. The molecule has 3 rings (SSSR count). The van der Waals surface area contributed by atoms with Crippen molar-refractivity contribution in [2.75, 3.05) is 58.5 Å². The lowest BCUT2D eigenvalue weighted by atomic mass is 10.1. The molecule has 0 unspecified atom stereocenters. The van der Waals surface area contributed by atoms with Crippen LogP contribution in [0.4, 0.5) is 5.82 Å². The van der Waals surface area contributed by atoms with E-state index in [1.54, 1.807) is 14.2 Å². The van der Waals surface area contributed by atoms with E-state index in [4.69, 9.17) is 29.9 Å². The number of hydrogen-bond donors (Lipinski definition) is 2. The van der Waals surface area contributed by atoms with E-state index in [9.17, 15) is 0 Å². The number of fused-ring (bicyclic) bond motifs is 1. The van der Waals surface area contributed by atoms with E-state index in [1.807, 2.05) is 24.4 Å². The van der Waals surface area contributed by atoms with Crippen molar-refractivity contribution < 1.29 is 24.9 Å². The number of β-amino-alcohol motifs (C(OH)–C–C–N with tert-alkyl or cyclic N) is 1. The van der Waals surface area contributed by atoms with Crippen LogP contribution in [0.25, 0.3) is 10.8 Å². The minimum absolute atomic E-state index is 0.212. The van der Waals surface area contributed by atoms with E-state index in [2.05, 4.69) is 14.8 Å². The SMILES string of the molecule is COc1cc2ccnc(N3CCN(CCO)CC3)c2cc1OC.O=[N+]([O-])O. The molecule has 0 atom stereocenters. The Morgan fingerprint density at radius 1 is 1.19 bits per heavy atom. The average Bonchev–Trinajstić information content (AvgIpc) is 2.67. The van der Waals surface area contributed by atoms with Gasteiger partial charge < -0.3 is 24.7 Å². The van der Waals surface area contributed by atoms with Crippen LogP contribution >= 0.6 is 0 Å². The minimum atomic E-state index is -1.50. The molecule has 2 N–H and O–H groups in total. The predicted molar refractivity (Wildman–Crippen MR) is 99.4 cm³/mol. The second-order valence-corrected chi connectivity index (χ2v) is 5.85. The van der Waals surface area contributed by atoms with E-state index >= 15 is 0 Å². The predicted octanol–water partition coefficient (Wildman–Crippen LogP) is 1.02. The lowest BCUT2D eigenvalue weighted by molar-refractivity contribution is -0.742. The van der Waals surface area contributed by atoms with Gasteiger partial charge in [-0.15, -0.1) is 10.1 Å². The van der Waals surface area contributed by atoms with Gasteiger partial charge >= 0.3 is 0 Å². The van der Waals surface area contributed by atoms with Crippen molar-refractivity contribution >= 4 is 16.6 Å². The largest absolute Gasteiger partial charge is 0.493 e. The summed E-state index contributed by atoms with van der Waals surface area (Å²) in [6.45, 7) is 4.63. The zero-order valence-electron chi connectivity index (χ0n) is 15.4. The molecule has 0 spiro atoms. The number of methoxy groups -OCH3 is 2. The number of aliphatic hydroxyl groups excluding tert-OH is 1. The molecule has 0 saturated carbocycles. The summed E-state index contributed by atoms with van der Waals surface area (Å²) < 4.78 is 10.8. The van der Waals surface area contributed by atoms with Gasteiger partial charge in [0.2, 0.25) is 0 Å². The quantitative estimate of drug-likeness (QED) is 0.578. The summed E-state index contributed by atoms with van der Waals surface area (Å²) >= 11 is 0. The highest BCUT2D eigenvalue weighted by molar-refractivity contribution is 5.94. The highest BCUT2D eigenvalue weighted by atomic mass is 16.9. The van der Waals surface area contributed by atoms with Gasteiger partial charge in [-0.1, -0.05) is 0 Å². The molecular formula is C17H24N4O6. The number of aromatic nitrogens is 1. The fourth-order valence-electron chi connectivity index (χ4n) is 3.06. The third-order valence-electron chi connectivity index (χ3n) is 4.34. The van der Waals surface area contributed by atoms with E-state index in [-0.39, 0.29) is 6.61 Å². The highest BCUT2D eigenvalue weighted by Gasteiger charge is 2.20. The monoisotopic (exact) mass is 380 g/mol. The maximum absolute atomic E-state index is 9.06. The topological polar surface area (TPSA) is 121 Å². The van der Waals surface area contributed by atoms with E-state index in [0.717, 1.165) is 55.1 Å². The molecule has 2 heterocycles. The number of rotatable bonds is 5. The van der Waals surface area contributed by atoms with Gasteiger partial charge in [-0.05, 0) is 23.6 Å². The Bertz CT molecular complexity index is 760. The van der Waals surface area contributed by atoms with Crippen molar-refractivity contribution in [2.45, 2.75) is 0 Å². The first kappa shape index (κ1) is 20.5. The molecule has 1 fully saturated rings. The van der Waals surface area contributed by atoms with E-state index < -0.39 is 5.09 Å². The van der Waals surface area contributed by atoms with Crippen molar-refractivity contribution in [1.29, 1.82) is 0 Å². The average molecular weight is 380 g/mol. The molecule has 27 heavy (non-hydrogen) atoms. The minimum Gasteiger partial charge on any atom is -0.493 e. The third kappa shape index (κ3) is 5.31. The van der Waals surface area contributed by atoms with Gasteiger partial charge in [0, 0.05) is 44.3 Å². The van der Waals surface area contributed by atoms with Gasteiger partial charge in [-0.3, -0.25) is 4.90 Å². The van der Waals surface area contributed by atoms with Crippen LogP contribution in [-0.4, -0.2) is 78.8 Å². The Morgan fingerprint density at radius 2 is 1.78 bits per heavy atom. The molecule has 0 aliphatic carbocycles. The normalized spacial score (nSPS) is 14.4. The second-order valence-electron chi connectivity index (χ2n) is 5.85. The number of nitrogens with zero attached hydrogens (tertiary/aromatic N) is 4. The van der Waals surface area contributed by atoms with Crippen LogP contribution in [0.3, 0.4) is 0 Å². The first-order valence-corrected chi connectivity index (χ1v) is 8.42. The fraction of sp³-hybridized carbons (Fsp3) is 0.471. The van der Waals surface area contributed by atoms with Crippen LogP contribution in [-0.2, 0) is 0 Å². The maximum atomic E-state index is 9.06. The van der Waals surface area contributed by atoms with Gasteiger partial charge in [0.25, 0.3) is 5.09 Å². The molecule has 1 aliphatic heterocycles. The number of piperazine rings is 1. The second kappa shape index (κ2) is 9.74. The molecular weight excluding hydrogens is 356 g/mol. The van der Waals surface area contributed by atoms with Gasteiger partial charge in [-0.2, -0.15) is 0 Å². The lowest BCUT2D eigenvalue weighted by Gasteiger charge is -2.35. The Kier molecular flexibility index (Phi) is 7.38. The van der Waals surface area contributed by atoms with Crippen molar-refractivity contribution in [2.24, 2.45) is 0 Å². The summed E-state index contributed by atoms with van der Waals surface area (Å²) in [5, 5.41) is 24.9. The summed E-state index contributed by atoms with van der Waals surface area (Å²) in [5.41, 5.74) is 0. The molecule has 0 bridgehead atoms. The van der Waals surface area contributed by atoms with Crippen LogP contribution in [0.15, 0.2) is 24.4 Å². The summed E-state index contributed by atoms with van der Waals surface area (Å²) in [6, 6.07) is 5.97. The standard InChI is InChI=1S/C17H23N3O3.HNO3/c1-22-15-11-13-3-4-18-17(14(13)12-16(15)23-2)20-7-5-19(6-8-20)9-10-21;2-1(3)4/h3-4,11-12,21H,5-10H2,1-2H3;(H,2,3,4). The summed E-state index contributed by atoms with van der Waals surface area (Å²) in [4.78, 5) is 17.5. The van der Waals surface area contributed by atoms with Crippen LogP contribution in [0.2, 0.25) is 0 Å². The van der Waals surface area contributed by atoms with Crippen molar-refractivity contribution in [3.8, 4) is 11.5 Å². The smallest absolute Gasteiger partial charge is 0.291 e. The number of pyridine rings is 1. The molecule has 1 aromatic carbocycles. The van der Waals surface area contributed by atoms with Crippen LogP contribution in [0.1, 0.15) is 0 Å². The maximum Gasteiger partial charge on any atom is 0.291 e. The van der Waals surface area contributed by atoms with Gasteiger partial charge in [0.15, 0.2) is 11.5 Å². The van der Waals surface area contributed by atoms with Crippen molar-refractivity contribution in [3.63, 3.8) is 0 Å². The molecule has 2 aromatic rings. The van der Waals surface area contributed by atoms with Crippen LogP contribution in [0.5, 0.6) is 11.5 Å². The summed E-state index contributed by atoms with van der Waals surface area (Å²) in [6.07, 6.45) is 1.84. The van der Waals surface area contributed by atoms with Gasteiger partial charge in [-0.25, -0.2) is 4.98 Å². The molecule has 10 nitrogen and oxygen atoms in total. The number of hydrogen-bond acceptors (Lipinski definition) is 8. The van der Waals surface area contributed by atoms with Gasteiger partial charge in [0.05, 0.1) is 20.8 Å². The van der Waals surface area contributed by atoms with Crippen LogP contribution in [0, 0.1) is 10.1 Å². The van der Waals surface area contributed by atoms with E-state index in [0.29, 0.717) is 5.75 Å². The highest BCUT2D eigenvalue weighted by Crippen LogP contribution is 2.35. The third-order valence-corrected chi connectivity index (χ3v) is 4.34. The molecule has 0 radical (unpaired) electrons. The van der Waals surface area contributed by atoms with E-state index in [1.165, 1.54) is 0 Å². The number of ether oxygens (including phenoxy) is 2. The lowest BCUT2D eigenvalue weighted by Crippen LogP contribution is -2.47. The van der Waals surface area contributed by atoms with Crippen molar-refractivity contribution in [3.05, 3.63) is 34.5 Å². The number of anilines is 1. The fourth-order valence-corrected chi connectivity index (χ4v) is 3.06. The van der Waals surface area contributed by atoms with Gasteiger partial charge in [0.1, 0.15) is 5.82 Å². The summed E-state index contributed by atoms with van der Waals surface area (Å²) in [7, 11) is 3.29. The molecule has 10 heteroatoms. The zero-order valence-corrected chi connectivity index (χ0v) is 15.4.